The largest absolute Gasteiger partial charge is 0.381 e. The molecule has 6 rings (SSSR count). The van der Waals surface area contributed by atoms with Gasteiger partial charge >= 0.3 is 0 Å². The summed E-state index contributed by atoms with van der Waals surface area (Å²) in [4.78, 5) is 17.7. The topological polar surface area (TPSA) is 136 Å². The summed E-state index contributed by atoms with van der Waals surface area (Å²) in [6.07, 6.45) is 4.92. The van der Waals surface area contributed by atoms with Crippen LogP contribution >= 0.6 is 0 Å². The minimum absolute atomic E-state index is 0.222. The highest BCUT2D eigenvalue weighted by Gasteiger charge is 2.21. The van der Waals surface area contributed by atoms with E-state index in [0.717, 1.165) is 16.5 Å². The Balaban J connectivity index is 1.57. The van der Waals surface area contributed by atoms with E-state index in [2.05, 4.69) is 31.1 Å². The number of hydrogen-bond donors (Lipinski definition) is 1. The van der Waals surface area contributed by atoms with Crippen molar-refractivity contribution in [3.63, 3.8) is 0 Å². The molecule has 0 aliphatic carbocycles. The average Bonchev–Trinajstić information content (AvgIpc) is 3.49. The fourth-order valence-electron chi connectivity index (χ4n) is 3.95. The Bertz CT molecular complexity index is 1710. The van der Waals surface area contributed by atoms with Crippen molar-refractivity contribution in [2.45, 2.75) is 6.54 Å². The van der Waals surface area contributed by atoms with Gasteiger partial charge in [-0.15, -0.1) is 5.10 Å². The number of hydrogen-bond acceptors (Lipinski definition) is 8. The van der Waals surface area contributed by atoms with Crippen LogP contribution in [0.15, 0.2) is 73.3 Å². The Morgan fingerprint density at radius 2 is 1.94 bits per heavy atom. The van der Waals surface area contributed by atoms with Crippen LogP contribution in [0.2, 0.25) is 0 Å². The summed E-state index contributed by atoms with van der Waals surface area (Å²) in [7, 11) is 0. The molecule has 0 aliphatic rings. The molecule has 0 aliphatic heterocycles. The Kier molecular flexibility index (Phi) is 4.45. The predicted octanol–water partition coefficient (Wildman–Crippen LogP) is 3.10. The molecule has 0 unspecified atom stereocenters. The van der Waals surface area contributed by atoms with Crippen LogP contribution in [0.5, 0.6) is 0 Å². The van der Waals surface area contributed by atoms with E-state index in [1.807, 2.05) is 41.2 Å². The van der Waals surface area contributed by atoms with Gasteiger partial charge in [0.15, 0.2) is 17.3 Å². The van der Waals surface area contributed by atoms with Crippen molar-refractivity contribution >= 4 is 22.4 Å². The summed E-state index contributed by atoms with van der Waals surface area (Å²) in [5.74, 6) is 0.750. The molecule has 2 aromatic carbocycles. The molecule has 6 aromatic rings. The van der Waals surface area contributed by atoms with Crippen LogP contribution in [0, 0.1) is 11.3 Å². The summed E-state index contributed by atoms with van der Waals surface area (Å²) in [5.41, 5.74) is 10.7. The Morgan fingerprint density at radius 3 is 2.79 bits per heavy atom. The molecule has 0 saturated heterocycles. The van der Waals surface area contributed by atoms with Crippen LogP contribution < -0.4 is 5.73 Å². The molecule has 10 heteroatoms. The van der Waals surface area contributed by atoms with E-state index < -0.39 is 0 Å². The number of nitrogens with zero attached hydrogens (tertiary/aromatic N) is 9. The highest BCUT2D eigenvalue weighted by atomic mass is 15.4. The zero-order valence-electron chi connectivity index (χ0n) is 17.7. The van der Waals surface area contributed by atoms with E-state index in [1.165, 1.54) is 6.33 Å². The number of para-hydroxylation sites is 1. The summed E-state index contributed by atoms with van der Waals surface area (Å²) < 4.78 is 3.50. The monoisotopic (exact) mass is 444 g/mol. The van der Waals surface area contributed by atoms with E-state index in [9.17, 15) is 5.26 Å². The normalized spacial score (nSPS) is 11.1. The van der Waals surface area contributed by atoms with Gasteiger partial charge in [-0.25, -0.2) is 24.5 Å². The van der Waals surface area contributed by atoms with E-state index in [1.54, 1.807) is 35.0 Å². The van der Waals surface area contributed by atoms with Gasteiger partial charge in [0.1, 0.15) is 24.3 Å². The zero-order valence-corrected chi connectivity index (χ0v) is 17.7. The van der Waals surface area contributed by atoms with Gasteiger partial charge in [0.25, 0.3) is 0 Å². The first-order valence-electron chi connectivity index (χ1n) is 10.4. The standard InChI is InChI=1S/C24H16N10/c25-11-15-4-3-6-16(10-15)21-22(18-8-9-27-14-28-18)34-24(23(26)31-21)30-20(32-34)13-33-19-7-2-1-5-17(19)12-29-33/h1-10,12,14H,13H2,(H2,26,31). The third kappa shape index (κ3) is 3.20. The lowest BCUT2D eigenvalue weighted by Crippen LogP contribution is -2.06. The summed E-state index contributed by atoms with van der Waals surface area (Å²) >= 11 is 0. The second kappa shape index (κ2) is 7.75. The highest BCUT2D eigenvalue weighted by Crippen LogP contribution is 2.32. The van der Waals surface area contributed by atoms with Crippen molar-refractivity contribution in [2.75, 3.05) is 5.73 Å². The molecular weight excluding hydrogens is 428 g/mol. The van der Waals surface area contributed by atoms with Crippen LogP contribution in [0.3, 0.4) is 0 Å². The molecule has 10 nitrogen and oxygen atoms in total. The van der Waals surface area contributed by atoms with Gasteiger partial charge in [0.2, 0.25) is 0 Å². The molecule has 0 bridgehead atoms. The van der Waals surface area contributed by atoms with Gasteiger partial charge in [-0.05, 0) is 24.3 Å². The number of nitriles is 1. The molecule has 34 heavy (non-hydrogen) atoms. The molecule has 2 N–H and O–H groups in total. The third-order valence-corrected chi connectivity index (χ3v) is 5.48. The molecule has 0 saturated carbocycles. The van der Waals surface area contributed by atoms with Crippen LogP contribution in [0.4, 0.5) is 5.82 Å². The van der Waals surface area contributed by atoms with Gasteiger partial charge < -0.3 is 5.73 Å². The number of fused-ring (bicyclic) bond motifs is 2. The van der Waals surface area contributed by atoms with Crippen molar-refractivity contribution in [1.82, 2.24) is 39.3 Å². The molecule has 0 spiro atoms. The summed E-state index contributed by atoms with van der Waals surface area (Å²) in [6.45, 7) is 0.358. The highest BCUT2D eigenvalue weighted by molar-refractivity contribution is 5.82. The SMILES string of the molecule is N#Cc1cccc(-c2nc(N)c3nc(Cn4ncc5ccccc54)nn3c2-c2ccncn2)c1. The predicted molar refractivity (Wildman–Crippen MR) is 125 cm³/mol. The van der Waals surface area contributed by atoms with Crippen molar-refractivity contribution in [3.8, 4) is 28.7 Å². The summed E-state index contributed by atoms with van der Waals surface area (Å²) in [6, 6.07) is 19.0. The number of benzene rings is 2. The zero-order chi connectivity index (χ0) is 23.1. The van der Waals surface area contributed by atoms with Crippen LogP contribution in [0.25, 0.3) is 39.2 Å². The molecule has 4 heterocycles. The molecule has 162 valence electrons. The molecule has 0 radical (unpaired) electrons. The minimum Gasteiger partial charge on any atom is -0.381 e. The average molecular weight is 444 g/mol. The number of aromatic nitrogens is 8. The molecule has 0 fully saturated rings. The lowest BCUT2D eigenvalue weighted by atomic mass is 10.0. The first-order valence-corrected chi connectivity index (χ1v) is 10.4. The lowest BCUT2D eigenvalue weighted by Gasteiger charge is -2.11. The fourth-order valence-corrected chi connectivity index (χ4v) is 3.95. The first kappa shape index (κ1) is 19.5. The van der Waals surface area contributed by atoms with Crippen molar-refractivity contribution in [1.29, 1.82) is 5.26 Å². The lowest BCUT2D eigenvalue weighted by molar-refractivity contribution is 0.675. The van der Waals surface area contributed by atoms with Crippen molar-refractivity contribution in [2.24, 2.45) is 0 Å². The smallest absolute Gasteiger partial charge is 0.199 e. The molecule has 4 aromatic heterocycles. The Labute approximate surface area is 193 Å². The minimum atomic E-state index is 0.222. The second-order valence-corrected chi connectivity index (χ2v) is 7.61. The maximum atomic E-state index is 9.37. The number of nitrogens with two attached hydrogens (primary N) is 1. The first-order chi connectivity index (χ1) is 16.7. The molecule has 0 atom stereocenters. The summed E-state index contributed by atoms with van der Waals surface area (Å²) in [5, 5.41) is 19.6. The third-order valence-electron chi connectivity index (χ3n) is 5.48. The van der Waals surface area contributed by atoms with E-state index in [-0.39, 0.29) is 5.82 Å². The number of nitrogen functional groups attached to an aromatic ring is 1. The van der Waals surface area contributed by atoms with Crippen molar-refractivity contribution < 1.29 is 0 Å². The molecular formula is C24H16N10. The molecule has 0 amide bonds. The Morgan fingerprint density at radius 1 is 1.03 bits per heavy atom. The van der Waals surface area contributed by atoms with Crippen molar-refractivity contribution in [3.05, 3.63) is 84.7 Å². The second-order valence-electron chi connectivity index (χ2n) is 7.61. The Hall–Kier alpha value is -5.17. The van der Waals surface area contributed by atoms with E-state index in [0.29, 0.717) is 40.7 Å². The number of anilines is 1. The number of rotatable bonds is 4. The van der Waals surface area contributed by atoms with Crippen LogP contribution in [-0.4, -0.2) is 39.3 Å². The van der Waals surface area contributed by atoms with Crippen LogP contribution in [0.1, 0.15) is 11.4 Å². The van der Waals surface area contributed by atoms with E-state index in [4.69, 9.17) is 10.8 Å². The van der Waals surface area contributed by atoms with Gasteiger partial charge in [0, 0.05) is 17.1 Å². The van der Waals surface area contributed by atoms with E-state index >= 15 is 0 Å². The van der Waals surface area contributed by atoms with Gasteiger partial charge in [-0.3, -0.25) is 4.68 Å². The maximum absolute atomic E-state index is 9.37. The van der Waals surface area contributed by atoms with Gasteiger partial charge in [0.05, 0.1) is 29.0 Å². The fraction of sp³-hybridized carbons (Fsp3) is 0.0417. The van der Waals surface area contributed by atoms with Crippen LogP contribution in [-0.2, 0) is 6.54 Å². The van der Waals surface area contributed by atoms with Gasteiger partial charge in [-0.1, -0.05) is 30.3 Å². The quantitative estimate of drug-likeness (QED) is 0.438. The van der Waals surface area contributed by atoms with Gasteiger partial charge in [-0.2, -0.15) is 10.4 Å². The maximum Gasteiger partial charge on any atom is 0.199 e.